The molecule has 0 saturated carbocycles. The molecule has 0 unspecified atom stereocenters. The molecule has 32 heavy (non-hydrogen) atoms. The number of rotatable bonds is 9. The number of hydrogen-bond acceptors (Lipinski definition) is 6. The van der Waals surface area contributed by atoms with Crippen LogP contribution in [0.2, 0.25) is 0 Å². The highest BCUT2D eigenvalue weighted by molar-refractivity contribution is 5.92. The third kappa shape index (κ3) is 4.46. The average Bonchev–Trinajstić information content (AvgIpc) is 2.81. The van der Waals surface area contributed by atoms with Crippen molar-refractivity contribution in [2.75, 3.05) is 26.6 Å². The Morgan fingerprint density at radius 2 is 1.62 bits per heavy atom. The number of carbonyl (C=O) groups is 1. The maximum atomic E-state index is 13.1. The Kier molecular flexibility index (Phi) is 7.19. The normalized spacial score (nSPS) is 10.8. The fourth-order valence-electron chi connectivity index (χ4n) is 3.53. The number of nitrogens with zero attached hydrogens (tertiary/aromatic N) is 2. The number of aromatic nitrogens is 2. The third-order valence-electron chi connectivity index (χ3n) is 5.12. The molecule has 0 aliphatic rings. The second kappa shape index (κ2) is 10.0. The smallest absolute Gasteiger partial charge is 0.331 e. The number of unbranched alkanes of at least 4 members (excludes halogenated alkanes) is 1. The van der Waals surface area contributed by atoms with Gasteiger partial charge in [0.15, 0.2) is 11.5 Å². The van der Waals surface area contributed by atoms with Crippen molar-refractivity contribution in [2.24, 2.45) is 0 Å². The zero-order valence-electron chi connectivity index (χ0n) is 18.6. The molecule has 3 aromatic rings. The van der Waals surface area contributed by atoms with E-state index in [0.29, 0.717) is 46.8 Å². The molecule has 0 aliphatic carbocycles. The Morgan fingerprint density at radius 3 is 2.22 bits per heavy atom. The number of hydrogen-bond donors (Lipinski definition) is 1. The highest BCUT2D eigenvalue weighted by Crippen LogP contribution is 2.39. The number of methoxy groups -OCH3 is 3. The molecule has 3 rings (SSSR count). The van der Waals surface area contributed by atoms with Gasteiger partial charge < -0.3 is 19.5 Å². The standard InChI is InChI=1S/C23H27N3O6/c1-5-6-11-25-22(28)16-9-7-8-10-17(16)26(23(25)29)14-20(27)24-15-12-18(30-2)21(32-4)19(13-15)31-3/h7-10,12-13H,5-6,11,14H2,1-4H3,(H,24,27). The molecular formula is C23H27N3O6. The van der Waals surface area contributed by atoms with E-state index in [1.165, 1.54) is 30.5 Å². The summed E-state index contributed by atoms with van der Waals surface area (Å²) in [6.45, 7) is 2.02. The Hall–Kier alpha value is -3.75. The summed E-state index contributed by atoms with van der Waals surface area (Å²) < 4.78 is 18.4. The third-order valence-corrected chi connectivity index (χ3v) is 5.12. The molecule has 0 fully saturated rings. The van der Waals surface area contributed by atoms with E-state index in [2.05, 4.69) is 5.32 Å². The van der Waals surface area contributed by atoms with Crippen LogP contribution in [0.4, 0.5) is 5.69 Å². The van der Waals surface area contributed by atoms with Gasteiger partial charge in [-0.15, -0.1) is 0 Å². The molecule has 2 aromatic carbocycles. The molecule has 9 nitrogen and oxygen atoms in total. The van der Waals surface area contributed by atoms with E-state index in [4.69, 9.17) is 14.2 Å². The van der Waals surface area contributed by atoms with Crippen molar-refractivity contribution in [3.63, 3.8) is 0 Å². The number of fused-ring (bicyclic) bond motifs is 1. The van der Waals surface area contributed by atoms with Gasteiger partial charge in [0, 0.05) is 24.4 Å². The zero-order valence-corrected chi connectivity index (χ0v) is 18.6. The molecule has 9 heteroatoms. The van der Waals surface area contributed by atoms with Crippen molar-refractivity contribution in [1.82, 2.24) is 9.13 Å². The Morgan fingerprint density at radius 1 is 0.969 bits per heavy atom. The van der Waals surface area contributed by atoms with Crippen LogP contribution in [0, 0.1) is 0 Å². The van der Waals surface area contributed by atoms with Gasteiger partial charge in [-0.05, 0) is 18.6 Å². The van der Waals surface area contributed by atoms with E-state index in [-0.39, 0.29) is 12.1 Å². The average molecular weight is 441 g/mol. The van der Waals surface area contributed by atoms with Crippen LogP contribution >= 0.6 is 0 Å². The molecule has 0 radical (unpaired) electrons. The molecule has 0 spiro atoms. The fraction of sp³-hybridized carbons (Fsp3) is 0.348. The summed E-state index contributed by atoms with van der Waals surface area (Å²) in [7, 11) is 4.45. The van der Waals surface area contributed by atoms with E-state index >= 15 is 0 Å². The minimum atomic E-state index is -0.512. The van der Waals surface area contributed by atoms with Crippen LogP contribution in [0.3, 0.4) is 0 Å². The molecule has 0 bridgehead atoms. The zero-order chi connectivity index (χ0) is 23.3. The molecular weight excluding hydrogens is 414 g/mol. The van der Waals surface area contributed by atoms with Crippen molar-refractivity contribution in [2.45, 2.75) is 32.9 Å². The Balaban J connectivity index is 1.99. The highest BCUT2D eigenvalue weighted by atomic mass is 16.5. The summed E-state index contributed by atoms with van der Waals surface area (Å²) >= 11 is 0. The van der Waals surface area contributed by atoms with E-state index in [0.717, 1.165) is 6.42 Å². The van der Waals surface area contributed by atoms with Crippen LogP contribution in [0.15, 0.2) is 46.0 Å². The van der Waals surface area contributed by atoms with Gasteiger partial charge in [-0.3, -0.25) is 18.7 Å². The maximum Gasteiger partial charge on any atom is 0.331 e. The fourth-order valence-corrected chi connectivity index (χ4v) is 3.53. The molecule has 0 atom stereocenters. The summed E-state index contributed by atoms with van der Waals surface area (Å²) in [6, 6.07) is 9.98. The lowest BCUT2D eigenvalue weighted by molar-refractivity contribution is -0.116. The lowest BCUT2D eigenvalue weighted by Crippen LogP contribution is -2.41. The monoisotopic (exact) mass is 441 g/mol. The number of amides is 1. The van der Waals surface area contributed by atoms with E-state index in [9.17, 15) is 14.4 Å². The van der Waals surface area contributed by atoms with E-state index in [1.54, 1.807) is 36.4 Å². The SMILES string of the molecule is CCCCn1c(=O)c2ccccc2n(CC(=O)Nc2cc(OC)c(OC)c(OC)c2)c1=O. The number of anilines is 1. The van der Waals surface area contributed by atoms with Crippen molar-refractivity contribution in [3.8, 4) is 17.2 Å². The number of benzene rings is 2. The van der Waals surface area contributed by atoms with Crippen LogP contribution in [-0.4, -0.2) is 36.4 Å². The predicted molar refractivity (Wildman–Crippen MR) is 122 cm³/mol. The van der Waals surface area contributed by atoms with E-state index < -0.39 is 11.6 Å². The van der Waals surface area contributed by atoms with Gasteiger partial charge in [0.2, 0.25) is 11.7 Å². The number of ether oxygens (including phenoxy) is 3. The summed E-state index contributed by atoms with van der Waals surface area (Å²) in [5.74, 6) is 0.737. The van der Waals surface area contributed by atoms with Gasteiger partial charge in [0.1, 0.15) is 6.54 Å². The minimum absolute atomic E-state index is 0.261. The summed E-state index contributed by atoms with van der Waals surface area (Å²) in [6.07, 6.45) is 1.52. The minimum Gasteiger partial charge on any atom is -0.493 e. The van der Waals surface area contributed by atoms with Gasteiger partial charge in [0.05, 0.1) is 32.2 Å². The van der Waals surface area contributed by atoms with Crippen LogP contribution in [0.5, 0.6) is 17.2 Å². The van der Waals surface area contributed by atoms with Gasteiger partial charge in [-0.1, -0.05) is 25.5 Å². The lowest BCUT2D eigenvalue weighted by Gasteiger charge is -2.16. The Bertz CT molecular complexity index is 1220. The van der Waals surface area contributed by atoms with Crippen LogP contribution < -0.4 is 30.8 Å². The van der Waals surface area contributed by atoms with Crippen LogP contribution in [0.25, 0.3) is 10.9 Å². The first-order valence-electron chi connectivity index (χ1n) is 10.3. The molecule has 170 valence electrons. The number of para-hydroxylation sites is 1. The first-order chi connectivity index (χ1) is 15.4. The number of nitrogens with one attached hydrogen (secondary N) is 1. The molecule has 1 heterocycles. The number of carbonyl (C=O) groups excluding carboxylic acids is 1. The van der Waals surface area contributed by atoms with Crippen LogP contribution in [0.1, 0.15) is 19.8 Å². The summed E-state index contributed by atoms with van der Waals surface area (Å²) in [5.41, 5.74) is -0.0287. The second-order valence-electron chi connectivity index (χ2n) is 7.16. The van der Waals surface area contributed by atoms with Gasteiger partial charge in [0.25, 0.3) is 5.56 Å². The van der Waals surface area contributed by atoms with Crippen LogP contribution in [-0.2, 0) is 17.9 Å². The van der Waals surface area contributed by atoms with Gasteiger partial charge in [-0.2, -0.15) is 0 Å². The molecule has 1 amide bonds. The van der Waals surface area contributed by atoms with Crippen molar-refractivity contribution < 1.29 is 19.0 Å². The van der Waals surface area contributed by atoms with E-state index in [1.807, 2.05) is 6.92 Å². The molecule has 1 aromatic heterocycles. The quantitative estimate of drug-likeness (QED) is 0.548. The predicted octanol–water partition coefficient (Wildman–Crippen LogP) is 2.63. The summed E-state index contributed by atoms with van der Waals surface area (Å²) in [4.78, 5) is 38.7. The topological polar surface area (TPSA) is 101 Å². The highest BCUT2D eigenvalue weighted by Gasteiger charge is 2.17. The van der Waals surface area contributed by atoms with Crippen molar-refractivity contribution in [3.05, 3.63) is 57.2 Å². The lowest BCUT2D eigenvalue weighted by atomic mass is 10.2. The van der Waals surface area contributed by atoms with Crippen molar-refractivity contribution >= 4 is 22.5 Å². The summed E-state index contributed by atoms with van der Waals surface area (Å²) in [5, 5.41) is 3.15. The molecule has 1 N–H and O–H groups in total. The Labute approximate surface area is 185 Å². The van der Waals surface area contributed by atoms with Gasteiger partial charge >= 0.3 is 5.69 Å². The second-order valence-corrected chi connectivity index (χ2v) is 7.16. The van der Waals surface area contributed by atoms with Crippen molar-refractivity contribution in [1.29, 1.82) is 0 Å². The molecule has 0 aliphatic heterocycles. The molecule has 0 saturated heterocycles. The van der Waals surface area contributed by atoms with Gasteiger partial charge in [-0.25, -0.2) is 4.79 Å². The largest absolute Gasteiger partial charge is 0.493 e. The first kappa shape index (κ1) is 22.9. The maximum absolute atomic E-state index is 13.1. The first-order valence-corrected chi connectivity index (χ1v) is 10.3.